The van der Waals surface area contributed by atoms with Gasteiger partial charge in [0.1, 0.15) is 6.29 Å². The van der Waals surface area contributed by atoms with Gasteiger partial charge in [-0.2, -0.15) is 8.42 Å². The first kappa shape index (κ1) is 12.6. The molecule has 0 N–H and O–H groups in total. The van der Waals surface area contributed by atoms with Crippen LogP contribution in [-0.4, -0.2) is 27.1 Å². The first-order valence-electron chi connectivity index (χ1n) is 4.43. The third kappa shape index (κ3) is 7.93. The summed E-state index contributed by atoms with van der Waals surface area (Å²) in [6.07, 6.45) is 3.43. The van der Waals surface area contributed by atoms with Crippen molar-refractivity contribution >= 4 is 16.4 Å². The second kappa shape index (κ2) is 7.03. The van der Waals surface area contributed by atoms with E-state index >= 15 is 0 Å². The lowest BCUT2D eigenvalue weighted by atomic mass is 10.2. The Morgan fingerprint density at radius 3 is 2.46 bits per heavy atom. The van der Waals surface area contributed by atoms with E-state index in [-0.39, 0.29) is 12.4 Å². The number of carbonyl (C=O) groups excluding carboxylic acids is 1. The molecule has 0 aromatic carbocycles. The normalized spacial score (nSPS) is 11.5. The number of unbranched alkanes of at least 4 members (excludes halogenated alkanes) is 3. The van der Waals surface area contributed by atoms with Gasteiger partial charge < -0.3 is 4.79 Å². The van der Waals surface area contributed by atoms with Crippen molar-refractivity contribution in [3.05, 3.63) is 0 Å². The van der Waals surface area contributed by atoms with Gasteiger partial charge in [0, 0.05) is 6.42 Å². The molecule has 0 rings (SSSR count). The van der Waals surface area contributed by atoms with Gasteiger partial charge in [0.05, 0.1) is 12.4 Å². The fraction of sp³-hybridized carbons (Fsp3) is 0.875. The molecule has 0 aliphatic heterocycles. The second-order valence-corrected chi connectivity index (χ2v) is 4.44. The van der Waals surface area contributed by atoms with Crippen molar-refractivity contribution in [2.75, 3.05) is 12.4 Å². The average molecular weight is 208 g/mol. The monoisotopic (exact) mass is 208 g/mol. The number of aldehydes is 1. The van der Waals surface area contributed by atoms with E-state index in [0.717, 1.165) is 19.1 Å². The minimum atomic E-state index is -3.31. The van der Waals surface area contributed by atoms with Gasteiger partial charge in [0.25, 0.3) is 10.1 Å². The largest absolute Gasteiger partial charge is 0.303 e. The fourth-order valence-corrected chi connectivity index (χ4v) is 1.96. The van der Waals surface area contributed by atoms with Gasteiger partial charge in [-0.3, -0.25) is 4.18 Å². The molecule has 13 heavy (non-hydrogen) atoms. The molecule has 78 valence electrons. The summed E-state index contributed by atoms with van der Waals surface area (Å²) < 4.78 is 26.5. The van der Waals surface area contributed by atoms with Crippen LogP contribution in [0.2, 0.25) is 0 Å². The highest BCUT2D eigenvalue weighted by molar-refractivity contribution is 7.86. The molecular formula is C8H16O4S. The van der Waals surface area contributed by atoms with Crippen molar-refractivity contribution < 1.29 is 17.4 Å². The van der Waals surface area contributed by atoms with Crippen LogP contribution in [0.3, 0.4) is 0 Å². The zero-order chi connectivity index (χ0) is 10.2. The number of hydrogen-bond acceptors (Lipinski definition) is 4. The van der Waals surface area contributed by atoms with Gasteiger partial charge in [-0.15, -0.1) is 0 Å². The van der Waals surface area contributed by atoms with Crippen molar-refractivity contribution in [2.24, 2.45) is 0 Å². The quantitative estimate of drug-likeness (QED) is 0.340. The summed E-state index contributed by atoms with van der Waals surface area (Å²) in [6, 6.07) is 0. The van der Waals surface area contributed by atoms with Crippen molar-refractivity contribution in [1.29, 1.82) is 0 Å². The maximum Gasteiger partial charge on any atom is 0.267 e. The van der Waals surface area contributed by atoms with Gasteiger partial charge in [-0.25, -0.2) is 0 Å². The smallest absolute Gasteiger partial charge is 0.267 e. The van der Waals surface area contributed by atoms with E-state index < -0.39 is 10.1 Å². The molecule has 0 aromatic heterocycles. The Hall–Kier alpha value is -0.420. The number of carbonyl (C=O) groups is 1. The Labute approximate surface area is 79.4 Å². The second-order valence-electron chi connectivity index (χ2n) is 2.68. The van der Waals surface area contributed by atoms with Crippen molar-refractivity contribution in [3.63, 3.8) is 0 Å². The van der Waals surface area contributed by atoms with Crippen LogP contribution in [0.1, 0.15) is 32.6 Å². The zero-order valence-corrected chi connectivity index (χ0v) is 8.68. The van der Waals surface area contributed by atoms with Crippen LogP contribution in [-0.2, 0) is 19.1 Å². The van der Waals surface area contributed by atoms with Crippen LogP contribution in [0.5, 0.6) is 0 Å². The van der Waals surface area contributed by atoms with E-state index in [1.807, 2.05) is 0 Å². The molecule has 0 amide bonds. The summed E-state index contributed by atoms with van der Waals surface area (Å²) in [5.74, 6) is 0.0553. The van der Waals surface area contributed by atoms with E-state index in [1.165, 1.54) is 0 Å². The van der Waals surface area contributed by atoms with E-state index in [1.54, 1.807) is 6.92 Å². The summed E-state index contributed by atoms with van der Waals surface area (Å²) in [5, 5.41) is 0. The van der Waals surface area contributed by atoms with Gasteiger partial charge in [-0.1, -0.05) is 6.42 Å². The lowest BCUT2D eigenvalue weighted by Crippen LogP contribution is -2.10. The minimum Gasteiger partial charge on any atom is -0.303 e. The van der Waals surface area contributed by atoms with E-state index in [4.69, 9.17) is 0 Å². The highest BCUT2D eigenvalue weighted by atomic mass is 32.2. The molecule has 0 bridgehead atoms. The SMILES string of the molecule is CCOS(=O)(=O)CCCCCC=O. The molecule has 0 fully saturated rings. The maximum atomic E-state index is 11.0. The average Bonchev–Trinajstić information content (AvgIpc) is 2.04. The van der Waals surface area contributed by atoms with Crippen LogP contribution in [0.4, 0.5) is 0 Å². The first-order chi connectivity index (χ1) is 6.12. The van der Waals surface area contributed by atoms with Crippen molar-refractivity contribution in [2.45, 2.75) is 32.6 Å². The Morgan fingerprint density at radius 1 is 1.23 bits per heavy atom. The van der Waals surface area contributed by atoms with Gasteiger partial charge in [0.2, 0.25) is 0 Å². The third-order valence-electron chi connectivity index (χ3n) is 1.51. The van der Waals surface area contributed by atoms with E-state index in [2.05, 4.69) is 4.18 Å². The maximum absolute atomic E-state index is 11.0. The van der Waals surface area contributed by atoms with Crippen molar-refractivity contribution in [3.8, 4) is 0 Å². The highest BCUT2D eigenvalue weighted by Crippen LogP contribution is 2.02. The Bertz CT molecular complexity index is 220. The van der Waals surface area contributed by atoms with Crippen LogP contribution in [0.15, 0.2) is 0 Å². The molecule has 0 radical (unpaired) electrons. The molecule has 0 saturated heterocycles. The summed E-state index contributed by atoms with van der Waals surface area (Å²) in [7, 11) is -3.31. The van der Waals surface area contributed by atoms with Gasteiger partial charge >= 0.3 is 0 Å². The predicted octanol–water partition coefficient (Wildman–Crippen LogP) is 1.11. The molecule has 5 heteroatoms. The molecule has 0 unspecified atom stereocenters. The number of hydrogen-bond donors (Lipinski definition) is 0. The lowest BCUT2D eigenvalue weighted by molar-refractivity contribution is -0.107. The van der Waals surface area contributed by atoms with Crippen LogP contribution in [0.25, 0.3) is 0 Å². The molecule has 0 saturated carbocycles. The summed E-state index contributed by atoms with van der Waals surface area (Å²) in [5.41, 5.74) is 0. The fourth-order valence-electron chi connectivity index (χ4n) is 0.922. The zero-order valence-electron chi connectivity index (χ0n) is 7.86. The summed E-state index contributed by atoms with van der Waals surface area (Å²) in [6.45, 7) is 1.83. The molecule has 4 nitrogen and oxygen atoms in total. The molecule has 0 heterocycles. The summed E-state index contributed by atoms with van der Waals surface area (Å²) >= 11 is 0. The summed E-state index contributed by atoms with van der Waals surface area (Å²) in [4.78, 5) is 9.92. The number of rotatable bonds is 8. The highest BCUT2D eigenvalue weighted by Gasteiger charge is 2.08. The standard InChI is InChI=1S/C8H16O4S/c1-2-12-13(10,11)8-6-4-3-5-7-9/h7H,2-6,8H2,1H3. The lowest BCUT2D eigenvalue weighted by Gasteiger charge is -2.01. The van der Waals surface area contributed by atoms with Crippen molar-refractivity contribution in [1.82, 2.24) is 0 Å². The topological polar surface area (TPSA) is 60.4 Å². The Morgan fingerprint density at radius 2 is 1.92 bits per heavy atom. The van der Waals surface area contributed by atoms with Gasteiger partial charge in [0.15, 0.2) is 0 Å². The predicted molar refractivity (Wildman–Crippen MR) is 49.9 cm³/mol. The Kier molecular flexibility index (Phi) is 6.80. The molecule has 0 spiro atoms. The molecular weight excluding hydrogens is 192 g/mol. The molecule has 0 atom stereocenters. The van der Waals surface area contributed by atoms with Gasteiger partial charge in [-0.05, 0) is 19.8 Å². The van der Waals surface area contributed by atoms with Crippen LogP contribution in [0, 0.1) is 0 Å². The third-order valence-corrected chi connectivity index (χ3v) is 2.90. The van der Waals surface area contributed by atoms with E-state index in [0.29, 0.717) is 12.8 Å². The van der Waals surface area contributed by atoms with E-state index in [9.17, 15) is 13.2 Å². The Balaban J connectivity index is 3.46. The molecule has 0 aliphatic rings. The van der Waals surface area contributed by atoms with Crippen LogP contribution >= 0.6 is 0 Å². The minimum absolute atomic E-state index is 0.0553. The van der Waals surface area contributed by atoms with Crippen LogP contribution < -0.4 is 0 Å². The first-order valence-corrected chi connectivity index (χ1v) is 6.01. The molecule has 0 aromatic rings. The molecule has 0 aliphatic carbocycles.